The SMILES string of the molecule is Cc1ccc(C(=O)CCC(=O)OCC(=O)N[C@@H](C)c2cc3ccccc3o2)cc1C. The number of Topliss-reactive ketones (excluding diaryl/α,β-unsaturated/α-hetero) is 1. The van der Waals surface area contributed by atoms with Crippen LogP contribution in [-0.4, -0.2) is 24.3 Å². The number of hydrogen-bond acceptors (Lipinski definition) is 5. The molecular weight excluding hydrogens is 382 g/mol. The van der Waals surface area contributed by atoms with Gasteiger partial charge in [-0.3, -0.25) is 14.4 Å². The molecule has 30 heavy (non-hydrogen) atoms. The molecular formula is C24H25NO5. The van der Waals surface area contributed by atoms with E-state index < -0.39 is 18.5 Å². The predicted molar refractivity (Wildman–Crippen MR) is 113 cm³/mol. The van der Waals surface area contributed by atoms with Gasteiger partial charge in [-0.15, -0.1) is 0 Å². The number of carbonyl (C=O) groups is 3. The van der Waals surface area contributed by atoms with Gasteiger partial charge in [-0.1, -0.05) is 30.3 Å². The highest BCUT2D eigenvalue weighted by molar-refractivity contribution is 5.97. The fourth-order valence-electron chi connectivity index (χ4n) is 3.06. The lowest BCUT2D eigenvalue weighted by Crippen LogP contribution is -2.31. The summed E-state index contributed by atoms with van der Waals surface area (Å²) in [6.07, 6.45) is -0.0312. The average molecular weight is 407 g/mol. The van der Waals surface area contributed by atoms with Gasteiger partial charge in [-0.2, -0.15) is 0 Å². The van der Waals surface area contributed by atoms with E-state index in [1.165, 1.54) is 0 Å². The summed E-state index contributed by atoms with van der Waals surface area (Å²) >= 11 is 0. The molecule has 2 aromatic carbocycles. The van der Waals surface area contributed by atoms with Crippen LogP contribution in [0.5, 0.6) is 0 Å². The number of para-hydroxylation sites is 1. The summed E-state index contributed by atoms with van der Waals surface area (Å²) in [6, 6.07) is 14.5. The predicted octanol–water partition coefficient (Wildman–Crippen LogP) is 4.43. The van der Waals surface area contributed by atoms with Gasteiger partial charge in [0.15, 0.2) is 12.4 Å². The largest absolute Gasteiger partial charge is 0.459 e. The number of furan rings is 1. The van der Waals surface area contributed by atoms with E-state index in [1.54, 1.807) is 13.0 Å². The van der Waals surface area contributed by atoms with Gasteiger partial charge < -0.3 is 14.5 Å². The molecule has 0 fully saturated rings. The van der Waals surface area contributed by atoms with E-state index in [0.29, 0.717) is 11.3 Å². The van der Waals surface area contributed by atoms with Crippen LogP contribution in [0.15, 0.2) is 52.9 Å². The van der Waals surface area contributed by atoms with Crippen molar-refractivity contribution in [1.29, 1.82) is 0 Å². The normalized spacial score (nSPS) is 11.8. The minimum absolute atomic E-state index is 0.0400. The molecule has 6 heteroatoms. The molecule has 1 N–H and O–H groups in total. The lowest BCUT2D eigenvalue weighted by molar-refractivity contribution is -0.148. The Morgan fingerprint density at radius 3 is 2.50 bits per heavy atom. The van der Waals surface area contributed by atoms with Crippen LogP contribution in [0.25, 0.3) is 11.0 Å². The van der Waals surface area contributed by atoms with Gasteiger partial charge in [0.05, 0.1) is 12.5 Å². The third-order valence-electron chi connectivity index (χ3n) is 5.00. The minimum atomic E-state index is -0.585. The van der Waals surface area contributed by atoms with Gasteiger partial charge in [0.2, 0.25) is 0 Å². The number of carbonyl (C=O) groups excluding carboxylic acids is 3. The topological polar surface area (TPSA) is 85.6 Å². The van der Waals surface area contributed by atoms with Gasteiger partial charge in [0.1, 0.15) is 11.3 Å². The first-order valence-corrected chi connectivity index (χ1v) is 9.87. The highest BCUT2D eigenvalue weighted by Crippen LogP contribution is 2.23. The maximum Gasteiger partial charge on any atom is 0.306 e. The Balaban J connectivity index is 1.43. The van der Waals surface area contributed by atoms with Crippen molar-refractivity contribution in [3.63, 3.8) is 0 Å². The fourth-order valence-corrected chi connectivity index (χ4v) is 3.06. The Kier molecular flexibility index (Phi) is 6.67. The molecule has 156 valence electrons. The van der Waals surface area contributed by atoms with E-state index in [4.69, 9.17) is 9.15 Å². The van der Waals surface area contributed by atoms with Gasteiger partial charge in [-0.25, -0.2) is 0 Å². The van der Waals surface area contributed by atoms with Crippen LogP contribution in [0.4, 0.5) is 0 Å². The number of ether oxygens (including phenoxy) is 1. The molecule has 3 rings (SSSR count). The second kappa shape index (κ2) is 9.39. The summed E-state index contributed by atoms with van der Waals surface area (Å²) in [5.41, 5.74) is 3.45. The Morgan fingerprint density at radius 2 is 1.77 bits per heavy atom. The molecule has 1 amide bonds. The van der Waals surface area contributed by atoms with Crippen LogP contribution in [0.3, 0.4) is 0 Å². The van der Waals surface area contributed by atoms with E-state index in [-0.39, 0.29) is 24.7 Å². The highest BCUT2D eigenvalue weighted by Gasteiger charge is 2.16. The summed E-state index contributed by atoms with van der Waals surface area (Å²) in [7, 11) is 0. The first-order chi connectivity index (χ1) is 14.3. The highest BCUT2D eigenvalue weighted by atomic mass is 16.5. The molecule has 1 aromatic heterocycles. The van der Waals surface area contributed by atoms with Crippen molar-refractivity contribution in [2.75, 3.05) is 6.61 Å². The van der Waals surface area contributed by atoms with Crippen molar-refractivity contribution in [1.82, 2.24) is 5.32 Å². The number of hydrogen-bond donors (Lipinski definition) is 1. The molecule has 0 aliphatic rings. The van der Waals surface area contributed by atoms with Crippen molar-refractivity contribution >= 4 is 28.6 Å². The Labute approximate surface area is 175 Å². The third-order valence-corrected chi connectivity index (χ3v) is 5.00. The Morgan fingerprint density at radius 1 is 1.00 bits per heavy atom. The number of nitrogens with one attached hydrogen (secondary N) is 1. The van der Waals surface area contributed by atoms with E-state index in [2.05, 4.69) is 5.32 Å². The number of rotatable bonds is 8. The van der Waals surface area contributed by atoms with Crippen molar-refractivity contribution in [3.05, 3.63) is 71.0 Å². The summed E-state index contributed by atoms with van der Waals surface area (Å²) in [5.74, 6) is -0.525. The summed E-state index contributed by atoms with van der Waals surface area (Å²) in [5, 5.41) is 3.69. The van der Waals surface area contributed by atoms with Crippen LogP contribution < -0.4 is 5.32 Å². The van der Waals surface area contributed by atoms with Crippen LogP contribution >= 0.6 is 0 Å². The van der Waals surface area contributed by atoms with Crippen molar-refractivity contribution in [2.45, 2.75) is 39.7 Å². The molecule has 0 saturated heterocycles. The van der Waals surface area contributed by atoms with Crippen LogP contribution in [-0.2, 0) is 14.3 Å². The first-order valence-electron chi connectivity index (χ1n) is 9.87. The monoisotopic (exact) mass is 407 g/mol. The number of fused-ring (bicyclic) bond motifs is 1. The molecule has 0 spiro atoms. The number of amides is 1. The average Bonchev–Trinajstić information content (AvgIpc) is 3.17. The number of ketones is 1. The molecule has 0 aliphatic carbocycles. The Bertz CT molecular complexity index is 1050. The van der Waals surface area contributed by atoms with Gasteiger partial charge >= 0.3 is 5.97 Å². The smallest absolute Gasteiger partial charge is 0.306 e. The maximum absolute atomic E-state index is 12.2. The maximum atomic E-state index is 12.2. The van der Waals surface area contributed by atoms with E-state index >= 15 is 0 Å². The third kappa shape index (κ3) is 5.35. The molecule has 1 atom stereocenters. The standard InChI is InChI=1S/C24H25NO5/c1-15-8-9-18(12-16(15)2)20(26)10-11-24(28)29-14-23(27)25-17(3)22-13-19-6-4-5-7-21(19)30-22/h4-9,12-13,17H,10-11,14H2,1-3H3,(H,25,27)/t17-/m0/s1. The van der Waals surface area contributed by atoms with Crippen LogP contribution in [0.2, 0.25) is 0 Å². The first kappa shape index (κ1) is 21.3. The molecule has 3 aromatic rings. The second-order valence-corrected chi connectivity index (χ2v) is 7.36. The summed E-state index contributed by atoms with van der Waals surface area (Å²) < 4.78 is 10.7. The van der Waals surface area contributed by atoms with E-state index in [1.807, 2.05) is 56.3 Å². The van der Waals surface area contributed by atoms with Crippen molar-refractivity contribution < 1.29 is 23.5 Å². The Hall–Kier alpha value is -3.41. The van der Waals surface area contributed by atoms with Gasteiger partial charge in [-0.05, 0) is 50.1 Å². The molecule has 6 nitrogen and oxygen atoms in total. The summed E-state index contributed by atoms with van der Waals surface area (Å²) in [6.45, 7) is 5.30. The zero-order valence-corrected chi connectivity index (χ0v) is 17.4. The van der Waals surface area contributed by atoms with Gasteiger partial charge in [0, 0.05) is 17.4 Å². The number of esters is 1. The zero-order valence-electron chi connectivity index (χ0n) is 17.4. The lowest BCUT2D eigenvalue weighted by Gasteiger charge is -2.11. The molecule has 1 heterocycles. The number of aryl methyl sites for hydroxylation is 2. The van der Waals surface area contributed by atoms with Crippen LogP contribution in [0, 0.1) is 13.8 Å². The molecule has 0 aliphatic heterocycles. The summed E-state index contributed by atoms with van der Waals surface area (Å²) in [4.78, 5) is 36.2. The second-order valence-electron chi connectivity index (χ2n) is 7.36. The van der Waals surface area contributed by atoms with E-state index in [9.17, 15) is 14.4 Å². The quantitative estimate of drug-likeness (QED) is 0.441. The molecule has 0 saturated carbocycles. The van der Waals surface area contributed by atoms with Gasteiger partial charge in [0.25, 0.3) is 5.91 Å². The molecule has 0 unspecified atom stereocenters. The zero-order chi connectivity index (χ0) is 21.7. The number of benzene rings is 2. The minimum Gasteiger partial charge on any atom is -0.459 e. The van der Waals surface area contributed by atoms with Crippen molar-refractivity contribution in [3.8, 4) is 0 Å². The van der Waals surface area contributed by atoms with Crippen LogP contribution in [0.1, 0.15) is 53.1 Å². The molecule has 0 radical (unpaired) electrons. The molecule has 0 bridgehead atoms. The van der Waals surface area contributed by atoms with Crippen molar-refractivity contribution in [2.24, 2.45) is 0 Å². The lowest BCUT2D eigenvalue weighted by atomic mass is 10.0. The fraction of sp³-hybridized carbons (Fsp3) is 0.292. The van der Waals surface area contributed by atoms with E-state index in [0.717, 1.165) is 22.1 Å².